The number of morpholine rings is 1. The first-order valence-corrected chi connectivity index (χ1v) is 11.5. The van der Waals surface area contributed by atoms with Gasteiger partial charge < -0.3 is 25.4 Å². The average molecular weight is 484 g/mol. The van der Waals surface area contributed by atoms with Gasteiger partial charge in [-0.25, -0.2) is 9.97 Å². The summed E-state index contributed by atoms with van der Waals surface area (Å²) in [4.78, 5) is 31.9. The van der Waals surface area contributed by atoms with Crippen LogP contribution in [0.15, 0.2) is 73.7 Å². The van der Waals surface area contributed by atoms with Crippen molar-refractivity contribution in [1.82, 2.24) is 19.9 Å². The average Bonchev–Trinajstić information content (AvgIpc) is 2.93. The first-order chi connectivity index (χ1) is 17.6. The Bertz CT molecular complexity index is 1390. The summed E-state index contributed by atoms with van der Waals surface area (Å²) in [5, 5.41) is 16.2. The second-order valence-corrected chi connectivity index (χ2v) is 8.21. The van der Waals surface area contributed by atoms with Crippen LogP contribution in [-0.4, -0.2) is 63.4 Å². The maximum Gasteiger partial charge on any atom is 0.247 e. The van der Waals surface area contributed by atoms with Gasteiger partial charge in [0, 0.05) is 54.1 Å². The van der Waals surface area contributed by atoms with Gasteiger partial charge in [-0.1, -0.05) is 6.58 Å². The molecule has 1 saturated heterocycles. The normalized spacial score (nSPS) is 15.5. The summed E-state index contributed by atoms with van der Waals surface area (Å²) in [5.74, 6) is 0.118. The summed E-state index contributed by atoms with van der Waals surface area (Å²) in [6.07, 6.45) is 6.06. The molecule has 3 N–H and O–H groups in total. The van der Waals surface area contributed by atoms with Gasteiger partial charge in [-0.3, -0.25) is 14.8 Å². The van der Waals surface area contributed by atoms with Crippen LogP contribution < -0.4 is 15.5 Å². The number of aliphatic hydroxyl groups is 1. The Kier molecular flexibility index (Phi) is 6.78. The first-order valence-electron chi connectivity index (χ1n) is 11.5. The zero-order valence-corrected chi connectivity index (χ0v) is 19.5. The lowest BCUT2D eigenvalue weighted by Crippen LogP contribution is -2.44. The SMILES string of the molecule is C=CC(=O)Nc1ccnc(-c2nccc3cnc(Nc4ccc(N5CCOC(CO)C5)cc4)nc23)c1. The standard InChI is InChI=1S/C26H25N7O3/c1-2-23(35)30-19-8-10-27-22(13-19)25-24-17(7-9-28-25)14-29-26(32-24)31-18-3-5-20(6-4-18)33-11-12-36-21(15-33)16-34/h2-10,13-14,21,34H,1,11-12,15-16H2,(H,27,30,35)(H,29,31,32). The van der Waals surface area contributed by atoms with Crippen LogP contribution in [0.25, 0.3) is 22.3 Å². The molecule has 0 saturated carbocycles. The maximum atomic E-state index is 11.7. The Hall–Kier alpha value is -4.41. The molecule has 3 aromatic heterocycles. The van der Waals surface area contributed by atoms with Crippen LogP contribution in [-0.2, 0) is 9.53 Å². The second kappa shape index (κ2) is 10.5. The minimum Gasteiger partial charge on any atom is -0.394 e. The van der Waals surface area contributed by atoms with Gasteiger partial charge in [0.25, 0.3) is 0 Å². The number of hydrogen-bond acceptors (Lipinski definition) is 9. The summed E-state index contributed by atoms with van der Waals surface area (Å²) in [7, 11) is 0. The Morgan fingerprint density at radius 1 is 1.14 bits per heavy atom. The van der Waals surface area contributed by atoms with Crippen LogP contribution in [0.2, 0.25) is 0 Å². The van der Waals surface area contributed by atoms with Crippen molar-refractivity contribution >= 4 is 39.8 Å². The highest BCUT2D eigenvalue weighted by molar-refractivity contribution is 5.99. The molecule has 5 rings (SSSR count). The fraction of sp³-hybridized carbons (Fsp3) is 0.192. The molecule has 0 spiro atoms. The summed E-state index contributed by atoms with van der Waals surface area (Å²) < 4.78 is 5.53. The van der Waals surface area contributed by atoms with E-state index in [2.05, 4.69) is 37.1 Å². The third-order valence-electron chi connectivity index (χ3n) is 5.79. The number of hydrogen-bond donors (Lipinski definition) is 3. The minimum absolute atomic E-state index is 0.00949. The molecule has 1 fully saturated rings. The molecule has 1 aliphatic rings. The fourth-order valence-corrected chi connectivity index (χ4v) is 3.98. The van der Waals surface area contributed by atoms with Crippen LogP contribution in [0.3, 0.4) is 0 Å². The van der Waals surface area contributed by atoms with E-state index in [9.17, 15) is 9.90 Å². The topological polar surface area (TPSA) is 125 Å². The molecular formula is C26H25N7O3. The zero-order valence-electron chi connectivity index (χ0n) is 19.5. The van der Waals surface area contributed by atoms with Gasteiger partial charge in [0.05, 0.1) is 25.0 Å². The zero-order chi connectivity index (χ0) is 24.9. The van der Waals surface area contributed by atoms with E-state index in [1.54, 1.807) is 30.7 Å². The van der Waals surface area contributed by atoms with Crippen molar-refractivity contribution in [1.29, 1.82) is 0 Å². The molecule has 4 heterocycles. The lowest BCUT2D eigenvalue weighted by atomic mass is 10.1. The van der Waals surface area contributed by atoms with E-state index in [1.807, 2.05) is 30.3 Å². The number of ether oxygens (including phenoxy) is 1. The van der Waals surface area contributed by atoms with E-state index < -0.39 is 0 Å². The van der Waals surface area contributed by atoms with E-state index in [1.165, 1.54) is 6.08 Å². The first kappa shape index (κ1) is 23.3. The van der Waals surface area contributed by atoms with E-state index in [0.29, 0.717) is 41.7 Å². The van der Waals surface area contributed by atoms with Crippen molar-refractivity contribution in [3.8, 4) is 11.4 Å². The molecule has 182 valence electrons. The van der Waals surface area contributed by atoms with Crippen molar-refractivity contribution in [2.24, 2.45) is 0 Å². The highest BCUT2D eigenvalue weighted by Crippen LogP contribution is 2.27. The van der Waals surface area contributed by atoms with Crippen LogP contribution in [0.4, 0.5) is 23.0 Å². The molecule has 1 aromatic carbocycles. The predicted octanol–water partition coefficient (Wildman–Crippen LogP) is 3.15. The second-order valence-electron chi connectivity index (χ2n) is 8.21. The third-order valence-corrected chi connectivity index (χ3v) is 5.79. The number of carbonyl (C=O) groups excluding carboxylic acids is 1. The molecule has 10 heteroatoms. The Labute approximate surface area is 207 Å². The summed E-state index contributed by atoms with van der Waals surface area (Å²) in [6.45, 7) is 5.50. The van der Waals surface area contributed by atoms with E-state index in [-0.39, 0.29) is 18.6 Å². The van der Waals surface area contributed by atoms with Crippen molar-refractivity contribution < 1.29 is 14.6 Å². The number of carbonyl (C=O) groups is 1. The number of pyridine rings is 2. The van der Waals surface area contributed by atoms with Gasteiger partial charge in [-0.05, 0) is 48.5 Å². The third kappa shape index (κ3) is 5.14. The number of nitrogens with zero attached hydrogens (tertiary/aromatic N) is 5. The number of aromatic nitrogens is 4. The van der Waals surface area contributed by atoms with E-state index in [4.69, 9.17) is 9.72 Å². The van der Waals surface area contributed by atoms with Crippen LogP contribution in [0.5, 0.6) is 0 Å². The van der Waals surface area contributed by atoms with Crippen molar-refractivity contribution in [3.63, 3.8) is 0 Å². The maximum absolute atomic E-state index is 11.7. The molecule has 0 radical (unpaired) electrons. The van der Waals surface area contributed by atoms with Gasteiger partial charge in [-0.15, -0.1) is 0 Å². The number of amides is 1. The van der Waals surface area contributed by atoms with Gasteiger partial charge in [-0.2, -0.15) is 0 Å². The van der Waals surface area contributed by atoms with Crippen LogP contribution >= 0.6 is 0 Å². The molecular weight excluding hydrogens is 458 g/mol. The summed E-state index contributed by atoms with van der Waals surface area (Å²) in [5.41, 5.74) is 4.26. The Morgan fingerprint density at radius 3 is 2.78 bits per heavy atom. The quantitative estimate of drug-likeness (QED) is 0.340. The molecule has 10 nitrogen and oxygen atoms in total. The fourth-order valence-electron chi connectivity index (χ4n) is 3.98. The highest BCUT2D eigenvalue weighted by atomic mass is 16.5. The molecule has 0 aliphatic carbocycles. The van der Waals surface area contributed by atoms with Crippen molar-refractivity contribution in [2.45, 2.75) is 6.10 Å². The molecule has 1 unspecified atom stereocenters. The van der Waals surface area contributed by atoms with E-state index in [0.717, 1.165) is 23.3 Å². The number of fused-ring (bicyclic) bond motifs is 1. The monoisotopic (exact) mass is 483 g/mol. The Balaban J connectivity index is 1.38. The van der Waals surface area contributed by atoms with Gasteiger partial charge >= 0.3 is 0 Å². The lowest BCUT2D eigenvalue weighted by molar-refractivity contribution is -0.111. The van der Waals surface area contributed by atoms with Crippen molar-refractivity contribution in [2.75, 3.05) is 41.8 Å². The van der Waals surface area contributed by atoms with Gasteiger partial charge in [0.1, 0.15) is 11.2 Å². The number of anilines is 4. The van der Waals surface area contributed by atoms with Crippen LogP contribution in [0, 0.1) is 0 Å². The predicted molar refractivity (Wildman–Crippen MR) is 138 cm³/mol. The molecule has 1 atom stereocenters. The smallest absolute Gasteiger partial charge is 0.247 e. The largest absolute Gasteiger partial charge is 0.394 e. The summed E-state index contributed by atoms with van der Waals surface area (Å²) >= 11 is 0. The summed E-state index contributed by atoms with van der Waals surface area (Å²) in [6, 6.07) is 13.2. The van der Waals surface area contributed by atoms with Crippen molar-refractivity contribution in [3.05, 3.63) is 73.7 Å². The highest BCUT2D eigenvalue weighted by Gasteiger charge is 2.20. The number of benzene rings is 1. The number of rotatable bonds is 7. The Morgan fingerprint density at radius 2 is 1.97 bits per heavy atom. The molecule has 4 aromatic rings. The van der Waals surface area contributed by atoms with Gasteiger partial charge in [0.15, 0.2) is 0 Å². The number of aliphatic hydroxyl groups excluding tert-OH is 1. The number of nitrogens with one attached hydrogen (secondary N) is 2. The molecule has 36 heavy (non-hydrogen) atoms. The lowest BCUT2D eigenvalue weighted by Gasteiger charge is -2.33. The molecule has 1 amide bonds. The minimum atomic E-state index is -0.306. The molecule has 1 aliphatic heterocycles. The van der Waals surface area contributed by atoms with Gasteiger partial charge in [0.2, 0.25) is 11.9 Å². The van der Waals surface area contributed by atoms with E-state index >= 15 is 0 Å². The van der Waals surface area contributed by atoms with Crippen LogP contribution in [0.1, 0.15) is 0 Å². The molecule has 0 bridgehead atoms.